The number of carbonyl (C=O) groups excluding carboxylic acids is 1. The van der Waals surface area contributed by atoms with Gasteiger partial charge in [0.2, 0.25) is 0 Å². The van der Waals surface area contributed by atoms with E-state index in [1.54, 1.807) is 0 Å². The van der Waals surface area contributed by atoms with Gasteiger partial charge in [0.15, 0.2) is 5.12 Å². The molecule has 0 radical (unpaired) electrons. The van der Waals surface area contributed by atoms with Crippen molar-refractivity contribution >= 4 is 40.3 Å². The monoisotopic (exact) mass is 258 g/mol. The number of hydrogen-bond acceptors (Lipinski definition) is 1. The summed E-state index contributed by atoms with van der Waals surface area (Å²) in [4.78, 5) is 10.3. The molecule has 0 aromatic carbocycles. The van der Waals surface area contributed by atoms with Crippen molar-refractivity contribution in [3.05, 3.63) is 0 Å². The Morgan fingerprint density at radius 3 is 2.44 bits per heavy atom. The van der Waals surface area contributed by atoms with Crippen LogP contribution in [0.25, 0.3) is 0 Å². The average molecular weight is 258 g/mol. The summed E-state index contributed by atoms with van der Waals surface area (Å²) in [5.74, 6) is 0. The lowest BCUT2D eigenvalue weighted by molar-refractivity contribution is -0.110. The van der Waals surface area contributed by atoms with E-state index in [9.17, 15) is 4.79 Å². The highest BCUT2D eigenvalue weighted by Gasteiger charge is 1.92. The van der Waals surface area contributed by atoms with Gasteiger partial charge < -0.3 is 0 Å². The molecule has 0 aliphatic rings. The van der Waals surface area contributed by atoms with Crippen molar-refractivity contribution < 1.29 is 4.79 Å². The molecule has 0 aliphatic heterocycles. The van der Waals surface area contributed by atoms with Crippen LogP contribution in [0, 0.1) is 0 Å². The van der Waals surface area contributed by atoms with Crippen LogP contribution in [0.4, 0.5) is 0 Å². The van der Waals surface area contributed by atoms with E-state index in [0.29, 0.717) is 6.42 Å². The maximum atomic E-state index is 10.3. The molecule has 3 heteroatoms. The fraction of sp³-hybridized carbons (Fsp3) is 0.833. The smallest absolute Gasteiger partial charge is 0.185 e. The third-order valence-corrected chi connectivity index (χ3v) is 2.01. The summed E-state index contributed by atoms with van der Waals surface area (Å²) in [7, 11) is 0. The normalized spacial score (nSPS) is 9.56. The Kier molecular flexibility index (Phi) is 7.44. The molecule has 0 heterocycles. The third kappa shape index (κ3) is 8.75. The molecule has 54 valence electrons. The number of unbranched alkanes of at least 4 members (excludes halogenated alkanes) is 2. The number of hydrogen-bond donors (Lipinski definition) is 1. The van der Waals surface area contributed by atoms with E-state index in [0.717, 1.165) is 12.8 Å². The predicted molar refractivity (Wildman–Crippen MR) is 51.3 cm³/mol. The average Bonchev–Trinajstić information content (AvgIpc) is 1.80. The van der Waals surface area contributed by atoms with Crippen LogP contribution in [-0.4, -0.2) is 9.54 Å². The molecular weight excluding hydrogens is 247 g/mol. The van der Waals surface area contributed by atoms with Crippen LogP contribution in [0.1, 0.15) is 25.7 Å². The number of carbonyl (C=O) groups is 1. The summed E-state index contributed by atoms with van der Waals surface area (Å²) in [6, 6.07) is 0. The van der Waals surface area contributed by atoms with Crippen molar-refractivity contribution in [2.75, 3.05) is 4.43 Å². The van der Waals surface area contributed by atoms with Crippen LogP contribution in [0.3, 0.4) is 0 Å². The molecule has 0 atom stereocenters. The van der Waals surface area contributed by atoms with Crippen molar-refractivity contribution in [1.29, 1.82) is 0 Å². The molecule has 9 heavy (non-hydrogen) atoms. The van der Waals surface area contributed by atoms with Gasteiger partial charge in [-0.15, -0.1) is 12.6 Å². The molecule has 1 nitrogen and oxygen atoms in total. The Balaban J connectivity index is 2.83. The molecular formula is C6H11IOS. The van der Waals surface area contributed by atoms with Gasteiger partial charge in [0.25, 0.3) is 0 Å². The molecule has 0 fully saturated rings. The van der Waals surface area contributed by atoms with E-state index in [2.05, 4.69) is 35.2 Å². The second-order valence-corrected chi connectivity index (χ2v) is 3.47. The molecule has 0 saturated carbocycles. The lowest BCUT2D eigenvalue weighted by Crippen LogP contribution is -1.85. The van der Waals surface area contributed by atoms with E-state index in [1.165, 1.54) is 10.8 Å². The lowest BCUT2D eigenvalue weighted by atomic mass is 10.2. The largest absolute Gasteiger partial charge is 0.288 e. The second kappa shape index (κ2) is 6.86. The molecule has 0 aliphatic carbocycles. The summed E-state index contributed by atoms with van der Waals surface area (Å²) in [6.07, 6.45) is 4.03. The standard InChI is InChI=1S/C6H11IOS/c7-5-3-1-2-4-6(8)9/h1-5H2,(H,8,9). The molecule has 0 N–H and O–H groups in total. The van der Waals surface area contributed by atoms with E-state index in [-0.39, 0.29) is 5.12 Å². The molecule has 0 bridgehead atoms. The van der Waals surface area contributed by atoms with Crippen molar-refractivity contribution in [2.45, 2.75) is 25.7 Å². The fourth-order valence-corrected chi connectivity index (χ4v) is 1.24. The minimum atomic E-state index is 0.0171. The Morgan fingerprint density at radius 2 is 2.00 bits per heavy atom. The fourth-order valence-electron chi connectivity index (χ4n) is 0.547. The first-order valence-electron chi connectivity index (χ1n) is 3.05. The Hall–Kier alpha value is 0.750. The van der Waals surface area contributed by atoms with Gasteiger partial charge >= 0.3 is 0 Å². The van der Waals surface area contributed by atoms with Crippen molar-refractivity contribution in [2.24, 2.45) is 0 Å². The van der Waals surface area contributed by atoms with Crippen LogP contribution < -0.4 is 0 Å². The van der Waals surface area contributed by atoms with E-state index < -0.39 is 0 Å². The first-order chi connectivity index (χ1) is 4.27. The summed E-state index contributed by atoms with van der Waals surface area (Å²) in [5, 5.41) is 0.0171. The zero-order valence-corrected chi connectivity index (χ0v) is 8.32. The van der Waals surface area contributed by atoms with Crippen LogP contribution in [0.15, 0.2) is 0 Å². The van der Waals surface area contributed by atoms with Gasteiger partial charge in [0.1, 0.15) is 0 Å². The van der Waals surface area contributed by atoms with E-state index in [1.807, 2.05) is 0 Å². The Labute approximate surface area is 75.1 Å². The lowest BCUT2D eigenvalue weighted by Gasteiger charge is -1.92. The minimum absolute atomic E-state index is 0.0171. The second-order valence-electron chi connectivity index (χ2n) is 1.89. The predicted octanol–water partition coefficient (Wildman–Crippen LogP) is 2.44. The van der Waals surface area contributed by atoms with Crippen molar-refractivity contribution in [3.63, 3.8) is 0 Å². The summed E-state index contributed by atoms with van der Waals surface area (Å²) in [6.45, 7) is 0. The molecule has 0 saturated heterocycles. The van der Waals surface area contributed by atoms with Crippen molar-refractivity contribution in [3.8, 4) is 0 Å². The summed E-state index contributed by atoms with van der Waals surface area (Å²) < 4.78 is 1.19. The number of alkyl halides is 1. The molecule has 0 aromatic rings. The molecule has 0 amide bonds. The minimum Gasteiger partial charge on any atom is -0.288 e. The van der Waals surface area contributed by atoms with E-state index in [4.69, 9.17) is 0 Å². The topological polar surface area (TPSA) is 17.1 Å². The van der Waals surface area contributed by atoms with E-state index >= 15 is 0 Å². The number of thiol groups is 1. The highest BCUT2D eigenvalue weighted by atomic mass is 127. The van der Waals surface area contributed by atoms with Gasteiger partial charge in [-0.1, -0.05) is 29.0 Å². The Morgan fingerprint density at radius 1 is 1.33 bits per heavy atom. The van der Waals surface area contributed by atoms with Crippen LogP contribution in [0.2, 0.25) is 0 Å². The SMILES string of the molecule is O=C(S)CCCCCI. The van der Waals surface area contributed by atoms with Gasteiger partial charge in [-0.2, -0.15) is 0 Å². The van der Waals surface area contributed by atoms with Crippen LogP contribution in [-0.2, 0) is 4.79 Å². The molecule has 0 rings (SSSR count). The zero-order valence-electron chi connectivity index (χ0n) is 5.27. The third-order valence-electron chi connectivity index (χ3n) is 1.02. The quantitative estimate of drug-likeness (QED) is 0.347. The maximum Gasteiger partial charge on any atom is 0.185 e. The van der Waals surface area contributed by atoms with Crippen LogP contribution >= 0.6 is 35.2 Å². The molecule has 0 unspecified atom stereocenters. The summed E-state index contributed by atoms with van der Waals surface area (Å²) in [5.41, 5.74) is 0. The maximum absolute atomic E-state index is 10.3. The first kappa shape index (κ1) is 9.75. The highest BCUT2D eigenvalue weighted by molar-refractivity contribution is 14.1. The first-order valence-corrected chi connectivity index (χ1v) is 5.02. The molecule has 0 aromatic heterocycles. The number of rotatable bonds is 5. The number of halogens is 1. The molecule has 0 spiro atoms. The van der Waals surface area contributed by atoms with Crippen LogP contribution in [0.5, 0.6) is 0 Å². The highest BCUT2D eigenvalue weighted by Crippen LogP contribution is 2.03. The van der Waals surface area contributed by atoms with Gasteiger partial charge in [-0.05, 0) is 17.3 Å². The van der Waals surface area contributed by atoms with Crippen molar-refractivity contribution in [1.82, 2.24) is 0 Å². The Bertz CT molecular complexity index is 85.1. The zero-order chi connectivity index (χ0) is 7.11. The van der Waals surface area contributed by atoms with Gasteiger partial charge in [-0.3, -0.25) is 4.79 Å². The van der Waals surface area contributed by atoms with Gasteiger partial charge in [-0.25, -0.2) is 0 Å². The van der Waals surface area contributed by atoms with Gasteiger partial charge in [0.05, 0.1) is 0 Å². The van der Waals surface area contributed by atoms with Gasteiger partial charge in [0, 0.05) is 6.42 Å². The summed E-state index contributed by atoms with van der Waals surface area (Å²) >= 11 is 6.00.